The molecule has 0 aliphatic rings. The van der Waals surface area contributed by atoms with Gasteiger partial charge in [0.05, 0.1) is 0 Å². The first-order valence-electron chi connectivity index (χ1n) is 10.4. The molecule has 0 heterocycles. The molecule has 0 radical (unpaired) electrons. The van der Waals surface area contributed by atoms with E-state index in [-0.39, 0.29) is 12.7 Å². The molecule has 0 saturated carbocycles. The van der Waals surface area contributed by atoms with Gasteiger partial charge in [-0.1, -0.05) is 66.2 Å². The molecule has 3 aromatic rings. The highest BCUT2D eigenvalue weighted by molar-refractivity contribution is 5.76. The number of rotatable bonds is 11. The third-order valence-corrected chi connectivity index (χ3v) is 4.83. The van der Waals surface area contributed by atoms with Gasteiger partial charge >= 0.3 is 0 Å². The number of nitrogens with one attached hydrogen (secondary N) is 1. The molecule has 5 heteroatoms. The third kappa shape index (κ3) is 7.46. The Morgan fingerprint density at radius 2 is 1.58 bits per heavy atom. The van der Waals surface area contributed by atoms with Crippen LogP contribution >= 0.6 is 0 Å². The molecule has 5 nitrogen and oxygen atoms in total. The summed E-state index contributed by atoms with van der Waals surface area (Å²) in [5, 5.41) is 2.97. The molecular weight excluding hydrogens is 390 g/mol. The summed E-state index contributed by atoms with van der Waals surface area (Å²) < 4.78 is 16.7. The SMILES string of the molecule is COCOc1cc(CCC(=O)NCc2ccc(C)cc2)ccc1OCc1ccccc1. The maximum absolute atomic E-state index is 12.3. The second-order valence-electron chi connectivity index (χ2n) is 7.37. The molecule has 0 bridgehead atoms. The van der Waals surface area contributed by atoms with Crippen LogP contribution in [0.5, 0.6) is 11.5 Å². The highest BCUT2D eigenvalue weighted by atomic mass is 16.7. The van der Waals surface area contributed by atoms with Crippen molar-refractivity contribution in [2.75, 3.05) is 13.9 Å². The minimum absolute atomic E-state index is 0.0179. The molecule has 0 saturated heterocycles. The Morgan fingerprint density at radius 1 is 0.839 bits per heavy atom. The van der Waals surface area contributed by atoms with Gasteiger partial charge in [-0.15, -0.1) is 0 Å². The first-order chi connectivity index (χ1) is 15.1. The van der Waals surface area contributed by atoms with E-state index in [4.69, 9.17) is 14.2 Å². The van der Waals surface area contributed by atoms with Crippen molar-refractivity contribution in [3.05, 3.63) is 95.1 Å². The van der Waals surface area contributed by atoms with Gasteiger partial charge < -0.3 is 19.5 Å². The quantitative estimate of drug-likeness (QED) is 0.454. The first-order valence-corrected chi connectivity index (χ1v) is 10.4. The number of hydrogen-bond donors (Lipinski definition) is 1. The number of methoxy groups -OCH3 is 1. The van der Waals surface area contributed by atoms with Gasteiger partial charge in [-0.2, -0.15) is 0 Å². The molecule has 162 valence electrons. The van der Waals surface area contributed by atoms with E-state index in [0.29, 0.717) is 37.5 Å². The van der Waals surface area contributed by atoms with E-state index in [2.05, 4.69) is 5.32 Å². The maximum Gasteiger partial charge on any atom is 0.220 e. The summed E-state index contributed by atoms with van der Waals surface area (Å²) in [7, 11) is 1.58. The maximum atomic E-state index is 12.3. The van der Waals surface area contributed by atoms with Crippen LogP contribution in [0.25, 0.3) is 0 Å². The summed E-state index contributed by atoms with van der Waals surface area (Å²) in [6, 6.07) is 23.9. The number of ether oxygens (including phenoxy) is 3. The fourth-order valence-corrected chi connectivity index (χ4v) is 3.05. The number of carbonyl (C=O) groups is 1. The molecule has 0 aliphatic carbocycles. The van der Waals surface area contributed by atoms with Gasteiger partial charge in [0.1, 0.15) is 6.61 Å². The lowest BCUT2D eigenvalue weighted by Gasteiger charge is -2.14. The molecule has 0 aromatic heterocycles. The van der Waals surface area contributed by atoms with E-state index in [9.17, 15) is 4.79 Å². The van der Waals surface area contributed by atoms with E-state index >= 15 is 0 Å². The van der Waals surface area contributed by atoms with Crippen molar-refractivity contribution in [2.45, 2.75) is 32.9 Å². The van der Waals surface area contributed by atoms with Crippen LogP contribution in [-0.4, -0.2) is 19.8 Å². The number of carbonyl (C=O) groups excluding carboxylic acids is 1. The number of hydrogen-bond acceptors (Lipinski definition) is 4. The number of aryl methyl sites for hydroxylation is 2. The summed E-state index contributed by atoms with van der Waals surface area (Å²) in [6.45, 7) is 3.16. The van der Waals surface area contributed by atoms with E-state index in [1.54, 1.807) is 7.11 Å². The minimum Gasteiger partial charge on any atom is -0.485 e. The zero-order valence-electron chi connectivity index (χ0n) is 18.1. The Bertz CT molecular complexity index is 955. The van der Waals surface area contributed by atoms with Crippen LogP contribution in [0.15, 0.2) is 72.8 Å². The summed E-state index contributed by atoms with van der Waals surface area (Å²) in [4.78, 5) is 12.3. The van der Waals surface area contributed by atoms with Crippen molar-refractivity contribution in [1.82, 2.24) is 5.32 Å². The van der Waals surface area contributed by atoms with E-state index in [1.807, 2.05) is 79.7 Å². The fraction of sp³-hybridized carbons (Fsp3) is 0.269. The van der Waals surface area contributed by atoms with Crippen molar-refractivity contribution in [3.63, 3.8) is 0 Å². The smallest absolute Gasteiger partial charge is 0.220 e. The average molecular weight is 420 g/mol. The highest BCUT2D eigenvalue weighted by Crippen LogP contribution is 2.30. The molecule has 0 unspecified atom stereocenters. The van der Waals surface area contributed by atoms with Gasteiger partial charge in [-0.25, -0.2) is 0 Å². The van der Waals surface area contributed by atoms with Crippen molar-refractivity contribution >= 4 is 5.91 Å². The zero-order valence-corrected chi connectivity index (χ0v) is 18.1. The van der Waals surface area contributed by atoms with Gasteiger partial charge in [-0.3, -0.25) is 4.79 Å². The van der Waals surface area contributed by atoms with Crippen LogP contribution in [0.4, 0.5) is 0 Å². The van der Waals surface area contributed by atoms with Crippen molar-refractivity contribution in [1.29, 1.82) is 0 Å². The topological polar surface area (TPSA) is 56.8 Å². The highest BCUT2D eigenvalue weighted by Gasteiger charge is 2.09. The molecule has 1 N–H and O–H groups in total. The predicted octanol–water partition coefficient (Wildman–Crippen LogP) is 4.81. The summed E-state index contributed by atoms with van der Waals surface area (Å²) in [5.41, 5.74) is 4.38. The van der Waals surface area contributed by atoms with Crippen molar-refractivity contribution in [3.8, 4) is 11.5 Å². The normalized spacial score (nSPS) is 10.5. The van der Waals surface area contributed by atoms with Crippen LogP contribution in [0, 0.1) is 6.92 Å². The van der Waals surface area contributed by atoms with E-state index in [1.165, 1.54) is 5.56 Å². The molecular formula is C26H29NO4. The molecule has 0 fully saturated rings. The molecule has 31 heavy (non-hydrogen) atoms. The Kier molecular flexibility index (Phi) is 8.49. The molecule has 1 amide bonds. The molecule has 3 rings (SSSR count). The zero-order chi connectivity index (χ0) is 21.9. The molecule has 3 aromatic carbocycles. The van der Waals surface area contributed by atoms with Gasteiger partial charge in [-0.05, 0) is 42.2 Å². The summed E-state index contributed by atoms with van der Waals surface area (Å²) >= 11 is 0. The Balaban J connectivity index is 1.54. The van der Waals surface area contributed by atoms with Crippen molar-refractivity contribution in [2.24, 2.45) is 0 Å². The lowest BCUT2D eigenvalue weighted by Crippen LogP contribution is -2.23. The number of amides is 1. The third-order valence-electron chi connectivity index (χ3n) is 4.83. The molecule has 0 aliphatic heterocycles. The Labute approximate surface area is 184 Å². The van der Waals surface area contributed by atoms with E-state index in [0.717, 1.165) is 16.7 Å². The van der Waals surface area contributed by atoms with Gasteiger partial charge in [0.2, 0.25) is 5.91 Å². The number of benzene rings is 3. The second kappa shape index (κ2) is 11.8. The molecule has 0 atom stereocenters. The second-order valence-corrected chi connectivity index (χ2v) is 7.37. The fourth-order valence-electron chi connectivity index (χ4n) is 3.05. The average Bonchev–Trinajstić information content (AvgIpc) is 2.81. The lowest BCUT2D eigenvalue weighted by molar-refractivity contribution is -0.121. The minimum atomic E-state index is 0.0179. The standard InChI is InChI=1S/C26H29NO4/c1-20-8-10-22(11-9-20)17-27-26(28)15-13-21-12-14-24(25(16-21)31-19-29-2)30-18-23-6-4-3-5-7-23/h3-12,14,16H,13,15,17-19H2,1-2H3,(H,27,28). The lowest BCUT2D eigenvalue weighted by atomic mass is 10.1. The largest absolute Gasteiger partial charge is 0.485 e. The monoisotopic (exact) mass is 419 g/mol. The van der Waals surface area contributed by atoms with Gasteiger partial charge in [0.25, 0.3) is 0 Å². The van der Waals surface area contributed by atoms with Crippen molar-refractivity contribution < 1.29 is 19.0 Å². The van der Waals surface area contributed by atoms with Gasteiger partial charge in [0, 0.05) is 20.1 Å². The Morgan fingerprint density at radius 3 is 2.32 bits per heavy atom. The summed E-state index contributed by atoms with van der Waals surface area (Å²) in [5.74, 6) is 1.27. The van der Waals surface area contributed by atoms with Crippen LogP contribution in [-0.2, 0) is 29.1 Å². The predicted molar refractivity (Wildman–Crippen MR) is 121 cm³/mol. The first kappa shape index (κ1) is 22.4. The Hall–Kier alpha value is -3.31. The molecule has 0 spiro atoms. The summed E-state index contributed by atoms with van der Waals surface area (Å²) in [6.07, 6.45) is 1.02. The van der Waals surface area contributed by atoms with Crippen LogP contribution in [0.2, 0.25) is 0 Å². The van der Waals surface area contributed by atoms with Crippen LogP contribution in [0.1, 0.15) is 28.7 Å². The van der Waals surface area contributed by atoms with Crippen LogP contribution < -0.4 is 14.8 Å². The van der Waals surface area contributed by atoms with Gasteiger partial charge in [0.15, 0.2) is 18.3 Å². The van der Waals surface area contributed by atoms with Crippen LogP contribution in [0.3, 0.4) is 0 Å². The van der Waals surface area contributed by atoms with E-state index < -0.39 is 0 Å².